The number of hydrogen-bond acceptors (Lipinski definition) is 2. The predicted octanol–water partition coefficient (Wildman–Crippen LogP) is 3.22. The van der Waals surface area contributed by atoms with Crippen LogP contribution in [0.5, 0.6) is 5.75 Å². The average molecular weight is 287 g/mol. The highest BCUT2D eigenvalue weighted by Crippen LogP contribution is 2.36. The highest BCUT2D eigenvalue weighted by molar-refractivity contribution is 9.10. The number of carboxylic acid groups (broad SMARTS) is 1. The number of halogens is 1. The normalized spacial score (nSPS) is 11.5. The molecule has 0 aliphatic heterocycles. The van der Waals surface area contributed by atoms with Crippen LogP contribution < -0.4 is 0 Å². The summed E-state index contributed by atoms with van der Waals surface area (Å²) in [5.74, 6) is -0.729. The van der Waals surface area contributed by atoms with E-state index in [0.717, 1.165) is 10.0 Å². The van der Waals surface area contributed by atoms with E-state index in [1.165, 1.54) is 0 Å². The van der Waals surface area contributed by atoms with E-state index >= 15 is 0 Å². The first kappa shape index (κ1) is 13.0. The van der Waals surface area contributed by atoms with Gasteiger partial charge in [0, 0.05) is 15.5 Å². The molecule has 1 aromatic carbocycles. The van der Waals surface area contributed by atoms with Crippen LogP contribution in [0.25, 0.3) is 0 Å². The van der Waals surface area contributed by atoms with Gasteiger partial charge in [0.15, 0.2) is 0 Å². The number of carboxylic acids is 1. The zero-order valence-corrected chi connectivity index (χ0v) is 11.1. The van der Waals surface area contributed by atoms with Crippen LogP contribution >= 0.6 is 15.9 Å². The first-order valence-corrected chi connectivity index (χ1v) is 5.75. The van der Waals surface area contributed by atoms with Gasteiger partial charge in [0.1, 0.15) is 5.75 Å². The number of phenolic OH excluding ortho intramolecular Hbond substituents is 1. The largest absolute Gasteiger partial charge is 0.508 e. The first-order chi connectivity index (χ1) is 7.24. The third kappa shape index (κ3) is 2.76. The van der Waals surface area contributed by atoms with Gasteiger partial charge in [0.2, 0.25) is 0 Å². The zero-order valence-electron chi connectivity index (χ0n) is 9.54. The molecule has 2 N–H and O–H groups in total. The van der Waals surface area contributed by atoms with Gasteiger partial charge in [0.25, 0.3) is 0 Å². The minimum atomic E-state index is -0.874. The second-order valence-corrected chi connectivity index (χ2v) is 5.43. The third-order valence-corrected chi connectivity index (χ3v) is 3.45. The number of phenols is 1. The van der Waals surface area contributed by atoms with Crippen molar-refractivity contribution in [2.24, 2.45) is 0 Å². The summed E-state index contributed by atoms with van der Waals surface area (Å²) in [5, 5.41) is 18.7. The average Bonchev–Trinajstić information content (AvgIpc) is 2.08. The Morgan fingerprint density at radius 1 is 1.44 bits per heavy atom. The molecular weight excluding hydrogens is 272 g/mol. The number of hydrogen-bond donors (Lipinski definition) is 2. The van der Waals surface area contributed by atoms with Crippen LogP contribution in [0.3, 0.4) is 0 Å². The monoisotopic (exact) mass is 286 g/mol. The van der Waals surface area contributed by atoms with E-state index in [1.54, 1.807) is 26.0 Å². The summed E-state index contributed by atoms with van der Waals surface area (Å²) in [6.45, 7) is 5.48. The van der Waals surface area contributed by atoms with E-state index < -0.39 is 11.4 Å². The molecule has 16 heavy (non-hydrogen) atoms. The van der Waals surface area contributed by atoms with E-state index in [0.29, 0.717) is 5.56 Å². The van der Waals surface area contributed by atoms with Gasteiger partial charge < -0.3 is 10.2 Å². The molecule has 3 nitrogen and oxygen atoms in total. The van der Waals surface area contributed by atoms with E-state index in [1.807, 2.05) is 6.92 Å². The minimum Gasteiger partial charge on any atom is -0.508 e. The van der Waals surface area contributed by atoms with Crippen molar-refractivity contribution in [1.82, 2.24) is 0 Å². The van der Waals surface area contributed by atoms with Crippen LogP contribution in [0.15, 0.2) is 16.6 Å². The molecule has 0 fully saturated rings. The van der Waals surface area contributed by atoms with E-state index in [2.05, 4.69) is 15.9 Å². The Balaban J connectivity index is 3.22. The molecule has 1 rings (SSSR count). The molecule has 0 spiro atoms. The number of benzene rings is 1. The number of carbonyl (C=O) groups is 1. The molecule has 0 unspecified atom stereocenters. The molecule has 0 saturated heterocycles. The van der Waals surface area contributed by atoms with Gasteiger partial charge in [-0.05, 0) is 24.6 Å². The maximum atomic E-state index is 10.8. The molecule has 0 aromatic heterocycles. The highest BCUT2D eigenvalue weighted by atomic mass is 79.9. The van der Waals surface area contributed by atoms with Crippen molar-refractivity contribution in [3.8, 4) is 5.75 Å². The lowest BCUT2D eigenvalue weighted by atomic mass is 9.81. The minimum absolute atomic E-state index is 0.0178. The van der Waals surface area contributed by atoms with Gasteiger partial charge in [-0.2, -0.15) is 0 Å². The molecule has 0 aliphatic rings. The summed E-state index contributed by atoms with van der Waals surface area (Å²) < 4.78 is 0.874. The maximum absolute atomic E-state index is 10.8. The molecular formula is C12H15BrO3. The molecule has 4 heteroatoms. The Morgan fingerprint density at radius 2 is 2.00 bits per heavy atom. The number of aliphatic carboxylic acids is 1. The van der Waals surface area contributed by atoms with Crippen LogP contribution in [0, 0.1) is 6.92 Å². The Morgan fingerprint density at radius 3 is 2.50 bits per heavy atom. The van der Waals surface area contributed by atoms with Crippen molar-refractivity contribution >= 4 is 21.9 Å². The number of rotatable bonds is 3. The fourth-order valence-electron chi connectivity index (χ4n) is 1.68. The topological polar surface area (TPSA) is 57.5 Å². The summed E-state index contributed by atoms with van der Waals surface area (Å²) in [7, 11) is 0. The SMILES string of the molecule is Cc1cc(O)c(C(C)(C)CC(=O)O)cc1Br. The summed E-state index contributed by atoms with van der Waals surface area (Å²) in [6.07, 6.45) is -0.0178. The summed E-state index contributed by atoms with van der Waals surface area (Å²) in [4.78, 5) is 10.8. The van der Waals surface area contributed by atoms with Gasteiger partial charge >= 0.3 is 5.97 Å². The molecule has 0 heterocycles. The van der Waals surface area contributed by atoms with Gasteiger partial charge in [-0.15, -0.1) is 0 Å². The molecule has 1 aromatic rings. The Kier molecular flexibility index (Phi) is 3.63. The smallest absolute Gasteiger partial charge is 0.304 e. The second kappa shape index (κ2) is 4.45. The quantitative estimate of drug-likeness (QED) is 0.897. The van der Waals surface area contributed by atoms with Crippen LogP contribution in [-0.2, 0) is 10.2 Å². The predicted molar refractivity (Wildman–Crippen MR) is 65.8 cm³/mol. The molecule has 0 amide bonds. The standard InChI is InChI=1S/C12H15BrO3/c1-7-4-10(14)8(5-9(7)13)12(2,3)6-11(15)16/h4-5,14H,6H2,1-3H3,(H,15,16). The van der Waals surface area contributed by atoms with Crippen molar-refractivity contribution in [2.75, 3.05) is 0 Å². The van der Waals surface area contributed by atoms with Gasteiger partial charge in [-0.3, -0.25) is 4.79 Å². The molecule has 0 atom stereocenters. The lowest BCUT2D eigenvalue weighted by molar-refractivity contribution is -0.138. The van der Waals surface area contributed by atoms with Crippen molar-refractivity contribution in [2.45, 2.75) is 32.6 Å². The van der Waals surface area contributed by atoms with Crippen molar-refractivity contribution in [1.29, 1.82) is 0 Å². The fourth-order valence-corrected chi connectivity index (χ4v) is 2.03. The van der Waals surface area contributed by atoms with Crippen LogP contribution in [-0.4, -0.2) is 16.2 Å². The summed E-state index contributed by atoms with van der Waals surface area (Å²) in [5.41, 5.74) is 0.978. The van der Waals surface area contributed by atoms with Crippen molar-refractivity contribution < 1.29 is 15.0 Å². The number of aryl methyl sites for hydroxylation is 1. The van der Waals surface area contributed by atoms with Crippen LogP contribution in [0.2, 0.25) is 0 Å². The lowest BCUT2D eigenvalue weighted by Gasteiger charge is -2.24. The Bertz CT molecular complexity index is 425. The van der Waals surface area contributed by atoms with E-state index in [-0.39, 0.29) is 12.2 Å². The van der Waals surface area contributed by atoms with E-state index in [9.17, 15) is 9.90 Å². The zero-order chi connectivity index (χ0) is 12.5. The third-order valence-electron chi connectivity index (χ3n) is 2.60. The van der Waals surface area contributed by atoms with Gasteiger partial charge in [-0.25, -0.2) is 0 Å². The molecule has 0 aliphatic carbocycles. The maximum Gasteiger partial charge on any atom is 0.304 e. The van der Waals surface area contributed by atoms with Crippen LogP contribution in [0.4, 0.5) is 0 Å². The lowest BCUT2D eigenvalue weighted by Crippen LogP contribution is -2.21. The molecule has 0 saturated carbocycles. The van der Waals surface area contributed by atoms with Gasteiger partial charge in [-0.1, -0.05) is 29.8 Å². The molecule has 88 valence electrons. The second-order valence-electron chi connectivity index (χ2n) is 4.57. The van der Waals surface area contributed by atoms with Crippen molar-refractivity contribution in [3.05, 3.63) is 27.7 Å². The summed E-state index contributed by atoms with van der Waals surface area (Å²) in [6, 6.07) is 3.43. The Labute approximate surface area is 103 Å². The highest BCUT2D eigenvalue weighted by Gasteiger charge is 2.27. The van der Waals surface area contributed by atoms with Crippen LogP contribution in [0.1, 0.15) is 31.4 Å². The fraction of sp³-hybridized carbons (Fsp3) is 0.417. The van der Waals surface area contributed by atoms with Gasteiger partial charge in [0.05, 0.1) is 6.42 Å². The summed E-state index contributed by atoms with van der Waals surface area (Å²) >= 11 is 3.38. The molecule has 0 bridgehead atoms. The Hall–Kier alpha value is -1.03. The van der Waals surface area contributed by atoms with Crippen molar-refractivity contribution in [3.63, 3.8) is 0 Å². The first-order valence-electron chi connectivity index (χ1n) is 4.95. The number of aromatic hydroxyl groups is 1. The molecule has 0 radical (unpaired) electrons. The van der Waals surface area contributed by atoms with E-state index in [4.69, 9.17) is 5.11 Å².